The molecule has 3 atom stereocenters. The van der Waals surface area contributed by atoms with Crippen molar-refractivity contribution in [2.24, 2.45) is 0 Å². The molecule has 0 aliphatic carbocycles. The molecule has 4 rings (SSSR count). The topological polar surface area (TPSA) is 119 Å². The molecule has 1 fully saturated rings. The first-order valence-electron chi connectivity index (χ1n) is 13.6. The number of phenolic OH excluding ortho intramolecular Hbond substituents is 1. The summed E-state index contributed by atoms with van der Waals surface area (Å²) in [5.74, 6) is -1.20. The normalized spacial score (nSPS) is 17.9. The first-order valence-corrected chi connectivity index (χ1v) is 14.5. The molecule has 1 aliphatic rings. The van der Waals surface area contributed by atoms with Gasteiger partial charge in [-0.05, 0) is 62.9 Å². The van der Waals surface area contributed by atoms with E-state index in [0.29, 0.717) is 12.1 Å². The number of aliphatic hydroxyl groups excluding tert-OH is 1. The van der Waals surface area contributed by atoms with Crippen molar-refractivity contribution >= 4 is 29.4 Å². The molecule has 41 heavy (non-hydrogen) atoms. The van der Waals surface area contributed by atoms with Crippen LogP contribution in [0.4, 0.5) is 0 Å². The molecule has 0 aromatic heterocycles. The fourth-order valence-corrected chi connectivity index (χ4v) is 6.25. The van der Waals surface area contributed by atoms with Gasteiger partial charge in [0.05, 0.1) is 6.04 Å². The molecule has 1 heterocycles. The van der Waals surface area contributed by atoms with Gasteiger partial charge in [-0.3, -0.25) is 14.4 Å². The number of amides is 2. The van der Waals surface area contributed by atoms with Crippen LogP contribution in [0, 0.1) is 13.8 Å². The summed E-state index contributed by atoms with van der Waals surface area (Å²) >= 11 is 1.48. The van der Waals surface area contributed by atoms with Gasteiger partial charge in [0.1, 0.15) is 11.8 Å². The van der Waals surface area contributed by atoms with Crippen LogP contribution < -0.4 is 10.6 Å². The number of rotatable bonds is 10. The summed E-state index contributed by atoms with van der Waals surface area (Å²) in [7, 11) is 0. The summed E-state index contributed by atoms with van der Waals surface area (Å²) in [6, 6.07) is 19.7. The summed E-state index contributed by atoms with van der Waals surface area (Å²) in [6.45, 7) is 7.76. The van der Waals surface area contributed by atoms with Gasteiger partial charge >= 0.3 is 0 Å². The molecule has 0 bridgehead atoms. The number of aromatic hydroxyl groups is 1. The van der Waals surface area contributed by atoms with Gasteiger partial charge < -0.3 is 20.8 Å². The Kier molecular flexibility index (Phi) is 9.53. The molecule has 0 saturated carbocycles. The Morgan fingerprint density at radius 3 is 2.39 bits per heavy atom. The average molecular weight is 576 g/mol. The lowest BCUT2D eigenvalue weighted by atomic mass is 9.97. The third-order valence-electron chi connectivity index (χ3n) is 7.59. The van der Waals surface area contributed by atoms with Crippen molar-refractivity contribution in [2.75, 3.05) is 5.88 Å². The zero-order valence-corrected chi connectivity index (χ0v) is 24.6. The summed E-state index contributed by atoms with van der Waals surface area (Å²) in [6.07, 6.45) is -1.48. The zero-order valence-electron chi connectivity index (χ0n) is 23.8. The Labute approximate surface area is 245 Å². The Morgan fingerprint density at radius 2 is 1.68 bits per heavy atom. The molecular weight excluding hydrogens is 538 g/mol. The number of phenols is 1. The van der Waals surface area contributed by atoms with Gasteiger partial charge in [0.25, 0.3) is 5.91 Å². The minimum absolute atomic E-state index is 0.0282. The summed E-state index contributed by atoms with van der Waals surface area (Å²) < 4.78 is -0.575. The number of aryl methyl sites for hydroxylation is 1. The fraction of sp³-hybridized carbons (Fsp3) is 0.344. The molecule has 4 N–H and O–H groups in total. The van der Waals surface area contributed by atoms with Gasteiger partial charge in [0.15, 0.2) is 12.0 Å². The van der Waals surface area contributed by atoms with Crippen LogP contribution in [0.15, 0.2) is 72.8 Å². The molecule has 9 heteroatoms. The van der Waals surface area contributed by atoms with Gasteiger partial charge in [-0.25, -0.2) is 4.90 Å². The number of thioether (sulfide) groups is 1. The van der Waals surface area contributed by atoms with Crippen LogP contribution in [0.2, 0.25) is 0 Å². The number of hydrogen-bond acceptors (Lipinski definition) is 7. The molecule has 3 aromatic carbocycles. The molecule has 0 spiro atoms. The lowest BCUT2D eigenvalue weighted by Crippen LogP contribution is -2.59. The Morgan fingerprint density at radius 1 is 1.00 bits per heavy atom. The van der Waals surface area contributed by atoms with Crippen molar-refractivity contribution < 1.29 is 24.6 Å². The van der Waals surface area contributed by atoms with E-state index in [9.17, 15) is 24.6 Å². The van der Waals surface area contributed by atoms with Crippen LogP contribution in [-0.2, 0) is 22.6 Å². The van der Waals surface area contributed by atoms with Crippen LogP contribution in [0.5, 0.6) is 5.75 Å². The van der Waals surface area contributed by atoms with Crippen LogP contribution in [0.1, 0.15) is 46.5 Å². The van der Waals surface area contributed by atoms with E-state index in [-0.39, 0.29) is 29.5 Å². The fourth-order valence-electron chi connectivity index (χ4n) is 5.08. The van der Waals surface area contributed by atoms with Gasteiger partial charge in [-0.1, -0.05) is 60.7 Å². The first-order chi connectivity index (χ1) is 19.5. The van der Waals surface area contributed by atoms with E-state index in [4.69, 9.17) is 0 Å². The lowest BCUT2D eigenvalue weighted by Gasteiger charge is -2.34. The number of nitrogens with zero attached hydrogens (tertiary/aromatic N) is 1. The highest BCUT2D eigenvalue weighted by molar-refractivity contribution is 8.00. The Bertz CT molecular complexity index is 1410. The standard InChI is InChI=1S/C32H37N3O5S/c1-20-11-8-9-14-23(20)18-33-30(39)28-32(3,4)41-19-35(28)31(40)27(37)25(17-22-12-6-5-7-13-22)34-29(38)24-15-10-16-26(36)21(24)2/h5-16,25,28,31,36,40H,17-19H2,1-4H3,(H,33,39)(H,34,38)/t25-,28+,31?/m0/s1. The summed E-state index contributed by atoms with van der Waals surface area (Å²) in [5, 5.41) is 27.3. The Hall–Kier alpha value is -3.66. The SMILES string of the molecule is Cc1ccccc1CNC(=O)[C@H]1N(C(O)C(=O)[C@H](Cc2ccccc2)NC(=O)c2cccc(O)c2C)CSC1(C)C. The number of benzene rings is 3. The number of Topliss-reactive ketones (excluding diaryl/α,β-unsaturated/α-hetero) is 1. The van der Waals surface area contributed by atoms with Crippen molar-refractivity contribution in [3.05, 3.63) is 101 Å². The first kappa shape index (κ1) is 30.3. The van der Waals surface area contributed by atoms with Crippen molar-refractivity contribution in [1.29, 1.82) is 0 Å². The molecule has 8 nitrogen and oxygen atoms in total. The lowest BCUT2D eigenvalue weighted by molar-refractivity contribution is -0.144. The maximum absolute atomic E-state index is 13.9. The van der Waals surface area contributed by atoms with E-state index in [0.717, 1.165) is 16.7 Å². The minimum Gasteiger partial charge on any atom is -0.508 e. The quantitative estimate of drug-likeness (QED) is 0.291. The maximum Gasteiger partial charge on any atom is 0.252 e. The number of hydrogen-bond donors (Lipinski definition) is 4. The van der Waals surface area contributed by atoms with E-state index in [1.54, 1.807) is 19.1 Å². The molecule has 0 radical (unpaired) electrons. The number of ketones is 1. The van der Waals surface area contributed by atoms with Crippen LogP contribution >= 0.6 is 11.8 Å². The van der Waals surface area contributed by atoms with Gasteiger partial charge in [0.2, 0.25) is 5.91 Å². The molecule has 1 aliphatic heterocycles. The largest absolute Gasteiger partial charge is 0.508 e. The molecular formula is C32H37N3O5S. The van der Waals surface area contributed by atoms with Crippen LogP contribution in [0.25, 0.3) is 0 Å². The van der Waals surface area contributed by atoms with Crippen LogP contribution in [-0.4, -0.2) is 61.6 Å². The number of carbonyl (C=O) groups is 3. The predicted octanol–water partition coefficient (Wildman–Crippen LogP) is 3.71. The van der Waals surface area contributed by atoms with Crippen molar-refractivity contribution in [1.82, 2.24) is 15.5 Å². The van der Waals surface area contributed by atoms with Crippen molar-refractivity contribution in [2.45, 2.75) is 63.7 Å². The second kappa shape index (κ2) is 12.9. The summed E-state index contributed by atoms with van der Waals surface area (Å²) in [5.41, 5.74) is 3.47. The minimum atomic E-state index is -1.63. The predicted molar refractivity (Wildman–Crippen MR) is 160 cm³/mol. The Balaban J connectivity index is 1.56. The molecule has 3 aromatic rings. The molecule has 1 saturated heterocycles. The van der Waals surface area contributed by atoms with Crippen molar-refractivity contribution in [3.63, 3.8) is 0 Å². The van der Waals surface area contributed by atoms with E-state index >= 15 is 0 Å². The van der Waals surface area contributed by atoms with Gasteiger partial charge in [-0.15, -0.1) is 11.8 Å². The number of carbonyl (C=O) groups excluding carboxylic acids is 3. The van der Waals surface area contributed by atoms with Gasteiger partial charge in [0, 0.05) is 28.3 Å². The molecule has 1 unspecified atom stereocenters. The van der Waals surface area contributed by atoms with Crippen LogP contribution in [0.3, 0.4) is 0 Å². The second-order valence-corrected chi connectivity index (χ2v) is 12.5. The maximum atomic E-state index is 13.9. The van der Waals surface area contributed by atoms with E-state index < -0.39 is 34.7 Å². The second-order valence-electron chi connectivity index (χ2n) is 10.9. The zero-order chi connectivity index (χ0) is 29.7. The summed E-state index contributed by atoms with van der Waals surface area (Å²) in [4.78, 5) is 42.1. The third-order valence-corrected chi connectivity index (χ3v) is 8.98. The number of aliphatic hydroxyl groups is 1. The van der Waals surface area contributed by atoms with E-state index in [1.807, 2.05) is 75.4 Å². The number of nitrogens with one attached hydrogen (secondary N) is 2. The average Bonchev–Trinajstić information content (AvgIpc) is 3.28. The monoisotopic (exact) mass is 575 g/mol. The van der Waals surface area contributed by atoms with E-state index in [1.165, 1.54) is 22.7 Å². The molecule has 2 amide bonds. The smallest absolute Gasteiger partial charge is 0.252 e. The van der Waals surface area contributed by atoms with Gasteiger partial charge in [-0.2, -0.15) is 0 Å². The molecule has 216 valence electrons. The van der Waals surface area contributed by atoms with Crippen molar-refractivity contribution in [3.8, 4) is 5.75 Å². The third kappa shape index (κ3) is 6.98. The highest BCUT2D eigenvalue weighted by atomic mass is 32.2. The highest BCUT2D eigenvalue weighted by Gasteiger charge is 2.50. The highest BCUT2D eigenvalue weighted by Crippen LogP contribution is 2.40. The van der Waals surface area contributed by atoms with E-state index in [2.05, 4.69) is 10.6 Å².